The number of nitrogens with zero attached hydrogens (tertiary/aromatic N) is 1. The van der Waals surface area contributed by atoms with E-state index >= 15 is 0 Å². The number of hydrogen-bond acceptors (Lipinski definition) is 3. The minimum atomic E-state index is -0.821. The van der Waals surface area contributed by atoms with Gasteiger partial charge in [0.25, 0.3) is 0 Å². The lowest BCUT2D eigenvalue weighted by Crippen LogP contribution is -2.56. The first-order valence-electron chi connectivity index (χ1n) is 19.5. The number of carboxylic acid groups (broad SMARTS) is 1. The summed E-state index contributed by atoms with van der Waals surface area (Å²) in [5.74, 6) is 3.99. The van der Waals surface area contributed by atoms with Crippen LogP contribution in [0.25, 0.3) is 0 Å². The largest absolute Gasteiger partial charge is 0.465 e. The van der Waals surface area contributed by atoms with Gasteiger partial charge in [-0.2, -0.15) is 0 Å². The molecule has 4 fully saturated rings. The molecule has 8 unspecified atom stereocenters. The molecule has 0 radical (unpaired) electrons. The van der Waals surface area contributed by atoms with Crippen LogP contribution in [0.5, 0.6) is 0 Å². The van der Waals surface area contributed by atoms with Crippen LogP contribution in [0.2, 0.25) is 0 Å². The van der Waals surface area contributed by atoms with E-state index in [9.17, 15) is 14.7 Å². The molecule has 4 rings (SSSR count). The number of amides is 2. The molecule has 2 amide bonds. The van der Waals surface area contributed by atoms with Crippen molar-refractivity contribution in [2.75, 3.05) is 19.7 Å². The Bertz CT molecular complexity index is 1010. The maximum Gasteiger partial charge on any atom is 0.407 e. The third-order valence-corrected chi connectivity index (χ3v) is 14.2. The molecule has 266 valence electrons. The van der Waals surface area contributed by atoms with Crippen molar-refractivity contribution in [2.45, 2.75) is 171 Å². The molecule has 0 aliphatic heterocycles. The summed E-state index contributed by atoms with van der Waals surface area (Å²) in [6.45, 7) is 20.4. The standard InChI is InChI=1S/C40H72N2O4/c1-9-10-11-12-13-14-24-42(36(44)45)27-38(6)23-22-37(4,5)34(26-38)41-35(43)46-28-39(7)20-15-21-40(8)32-18-16-30(29(2)3)25-31(32)17-19-33(39)40/h29-34H,9-28H2,1-8H3,(H,41,43)(H,44,45). The maximum atomic E-state index is 13.5. The highest BCUT2D eigenvalue weighted by molar-refractivity contribution is 5.68. The summed E-state index contributed by atoms with van der Waals surface area (Å²) in [4.78, 5) is 27.4. The molecular weight excluding hydrogens is 572 g/mol. The zero-order chi connectivity index (χ0) is 33.8. The van der Waals surface area contributed by atoms with Gasteiger partial charge in [0, 0.05) is 24.5 Å². The van der Waals surface area contributed by atoms with E-state index in [1.54, 1.807) is 4.90 Å². The van der Waals surface area contributed by atoms with Crippen molar-refractivity contribution in [3.05, 3.63) is 0 Å². The molecule has 6 heteroatoms. The monoisotopic (exact) mass is 645 g/mol. The fourth-order valence-corrected chi connectivity index (χ4v) is 11.0. The van der Waals surface area contributed by atoms with Crippen molar-refractivity contribution >= 4 is 12.2 Å². The Balaban J connectivity index is 1.33. The van der Waals surface area contributed by atoms with Gasteiger partial charge in [-0.25, -0.2) is 9.59 Å². The van der Waals surface area contributed by atoms with Gasteiger partial charge in [0.1, 0.15) is 0 Å². The van der Waals surface area contributed by atoms with Crippen LogP contribution in [0.15, 0.2) is 0 Å². The highest BCUT2D eigenvalue weighted by Gasteiger charge is 2.57. The van der Waals surface area contributed by atoms with Crippen LogP contribution < -0.4 is 5.32 Å². The lowest BCUT2D eigenvalue weighted by Gasteiger charge is -2.61. The van der Waals surface area contributed by atoms with Crippen molar-refractivity contribution in [3.8, 4) is 0 Å². The van der Waals surface area contributed by atoms with E-state index in [4.69, 9.17) is 4.74 Å². The Hall–Kier alpha value is -1.46. The Kier molecular flexibility index (Phi) is 12.5. The van der Waals surface area contributed by atoms with Gasteiger partial charge in [-0.15, -0.1) is 0 Å². The molecule has 4 aliphatic carbocycles. The summed E-state index contributed by atoms with van der Waals surface area (Å²) < 4.78 is 6.19. The average molecular weight is 645 g/mol. The first-order chi connectivity index (χ1) is 21.6. The van der Waals surface area contributed by atoms with Crippen LogP contribution in [0, 0.1) is 51.2 Å². The highest BCUT2D eigenvalue weighted by Crippen LogP contribution is 2.64. The molecule has 4 saturated carbocycles. The second-order valence-electron chi connectivity index (χ2n) is 18.6. The number of carbonyl (C=O) groups is 2. The van der Waals surface area contributed by atoms with Gasteiger partial charge < -0.3 is 20.1 Å². The van der Waals surface area contributed by atoms with Crippen molar-refractivity contribution in [2.24, 2.45) is 51.2 Å². The number of nitrogens with one attached hydrogen (secondary N) is 1. The van der Waals surface area contributed by atoms with Gasteiger partial charge in [-0.05, 0) is 116 Å². The maximum absolute atomic E-state index is 13.5. The minimum Gasteiger partial charge on any atom is -0.465 e. The number of carbonyl (C=O) groups excluding carboxylic acids is 1. The molecule has 0 aromatic heterocycles. The van der Waals surface area contributed by atoms with Crippen LogP contribution in [-0.2, 0) is 4.74 Å². The third kappa shape index (κ3) is 8.76. The molecule has 2 N–H and O–H groups in total. The normalized spacial score (nSPS) is 37.2. The number of hydrogen-bond donors (Lipinski definition) is 2. The van der Waals surface area contributed by atoms with Crippen LogP contribution >= 0.6 is 0 Å². The van der Waals surface area contributed by atoms with Gasteiger partial charge in [0.15, 0.2) is 0 Å². The first-order valence-corrected chi connectivity index (χ1v) is 19.5. The minimum absolute atomic E-state index is 0.0271. The molecule has 6 nitrogen and oxygen atoms in total. The predicted octanol–water partition coefficient (Wildman–Crippen LogP) is 10.9. The van der Waals surface area contributed by atoms with Gasteiger partial charge >= 0.3 is 12.2 Å². The predicted molar refractivity (Wildman–Crippen MR) is 189 cm³/mol. The van der Waals surface area contributed by atoms with Crippen molar-refractivity contribution < 1.29 is 19.4 Å². The second-order valence-corrected chi connectivity index (χ2v) is 18.6. The van der Waals surface area contributed by atoms with Crippen molar-refractivity contribution in [1.29, 1.82) is 0 Å². The summed E-state index contributed by atoms with van der Waals surface area (Å²) in [7, 11) is 0. The lowest BCUT2D eigenvalue weighted by molar-refractivity contribution is -0.136. The molecular formula is C40H72N2O4. The summed E-state index contributed by atoms with van der Waals surface area (Å²) in [6, 6.07) is -0.0422. The van der Waals surface area contributed by atoms with E-state index < -0.39 is 6.09 Å². The van der Waals surface area contributed by atoms with E-state index in [1.807, 2.05) is 0 Å². The van der Waals surface area contributed by atoms with Gasteiger partial charge in [0.2, 0.25) is 0 Å². The summed E-state index contributed by atoms with van der Waals surface area (Å²) in [5.41, 5.74) is 0.153. The van der Waals surface area contributed by atoms with Crippen molar-refractivity contribution in [1.82, 2.24) is 10.2 Å². The first kappa shape index (κ1) is 37.4. The summed E-state index contributed by atoms with van der Waals surface area (Å²) >= 11 is 0. The molecule has 0 aromatic carbocycles. The molecule has 0 bridgehead atoms. The van der Waals surface area contributed by atoms with E-state index in [0.717, 1.165) is 62.2 Å². The quantitative estimate of drug-likeness (QED) is 0.196. The lowest BCUT2D eigenvalue weighted by atomic mass is 9.44. The van der Waals surface area contributed by atoms with E-state index in [-0.39, 0.29) is 28.4 Å². The Morgan fingerprint density at radius 2 is 1.63 bits per heavy atom. The van der Waals surface area contributed by atoms with E-state index in [0.29, 0.717) is 31.0 Å². The Morgan fingerprint density at radius 1 is 0.913 bits per heavy atom. The SMILES string of the molecule is CCCCCCCCN(CC1(C)CCC(C)(C)C(NC(=O)OCC2(C)CCCC3(C)C4CCC(C(C)C)CC4CCC23)C1)C(=O)O. The molecule has 46 heavy (non-hydrogen) atoms. The molecule has 0 heterocycles. The van der Waals surface area contributed by atoms with Crippen LogP contribution in [-0.4, -0.2) is 47.9 Å². The van der Waals surface area contributed by atoms with Gasteiger partial charge in [0.05, 0.1) is 6.61 Å². The molecule has 0 aromatic rings. The number of alkyl carbamates (subject to hydrolysis) is 1. The van der Waals surface area contributed by atoms with Crippen LogP contribution in [0.4, 0.5) is 9.59 Å². The van der Waals surface area contributed by atoms with Crippen molar-refractivity contribution in [3.63, 3.8) is 0 Å². The van der Waals surface area contributed by atoms with Gasteiger partial charge in [-0.3, -0.25) is 0 Å². The molecule has 0 spiro atoms. The van der Waals surface area contributed by atoms with Crippen LogP contribution in [0.1, 0.15) is 165 Å². The Morgan fingerprint density at radius 3 is 2.33 bits per heavy atom. The zero-order valence-corrected chi connectivity index (χ0v) is 31.2. The van der Waals surface area contributed by atoms with Crippen LogP contribution in [0.3, 0.4) is 0 Å². The number of fused-ring (bicyclic) bond motifs is 3. The van der Waals surface area contributed by atoms with E-state index in [2.05, 4.69) is 60.7 Å². The third-order valence-electron chi connectivity index (χ3n) is 14.2. The van der Waals surface area contributed by atoms with Gasteiger partial charge in [-0.1, -0.05) is 93.9 Å². The number of unbranched alkanes of at least 4 members (excludes halogenated alkanes) is 5. The number of rotatable bonds is 13. The Labute approximate surface area is 282 Å². The zero-order valence-electron chi connectivity index (χ0n) is 31.2. The highest BCUT2D eigenvalue weighted by atomic mass is 16.5. The fourth-order valence-electron chi connectivity index (χ4n) is 11.0. The average Bonchev–Trinajstić information content (AvgIpc) is 2.99. The second kappa shape index (κ2) is 15.4. The summed E-state index contributed by atoms with van der Waals surface area (Å²) in [5, 5.41) is 13.3. The summed E-state index contributed by atoms with van der Waals surface area (Å²) in [6.07, 6.45) is 19.0. The van der Waals surface area contributed by atoms with E-state index in [1.165, 1.54) is 70.6 Å². The number of ether oxygens (including phenoxy) is 1. The molecule has 8 atom stereocenters. The topological polar surface area (TPSA) is 78.9 Å². The fraction of sp³-hybridized carbons (Fsp3) is 0.950. The molecule has 0 saturated heterocycles. The molecule has 4 aliphatic rings. The smallest absolute Gasteiger partial charge is 0.407 e.